The van der Waals surface area contributed by atoms with Crippen molar-refractivity contribution < 1.29 is 14.3 Å². The van der Waals surface area contributed by atoms with E-state index in [2.05, 4.69) is 18.2 Å². The summed E-state index contributed by atoms with van der Waals surface area (Å²) >= 11 is 0. The molecule has 1 aliphatic carbocycles. The molecule has 1 amide bonds. The maximum absolute atomic E-state index is 12.9. The Balaban J connectivity index is 1.84. The Bertz CT molecular complexity index is 741. The second kappa shape index (κ2) is 6.95. The molecule has 0 fully saturated rings. The predicted molar refractivity (Wildman–Crippen MR) is 93.8 cm³/mol. The number of rotatable bonds is 5. The number of benzene rings is 2. The van der Waals surface area contributed by atoms with E-state index in [9.17, 15) is 4.79 Å². The summed E-state index contributed by atoms with van der Waals surface area (Å²) in [6.45, 7) is 2.48. The van der Waals surface area contributed by atoms with Crippen molar-refractivity contribution in [3.05, 3.63) is 59.2 Å². The quantitative estimate of drug-likeness (QED) is 0.838. The molecular weight excluding hydrogens is 302 g/mol. The van der Waals surface area contributed by atoms with E-state index >= 15 is 0 Å². The number of hydrogen-bond donors (Lipinski definition) is 0. The van der Waals surface area contributed by atoms with Crippen molar-refractivity contribution in [2.24, 2.45) is 0 Å². The second-order valence-electron chi connectivity index (χ2n) is 5.97. The lowest BCUT2D eigenvalue weighted by Crippen LogP contribution is -2.30. The van der Waals surface area contributed by atoms with Crippen molar-refractivity contribution >= 4 is 5.91 Å². The molecule has 4 nitrogen and oxygen atoms in total. The van der Waals surface area contributed by atoms with Gasteiger partial charge < -0.3 is 14.4 Å². The van der Waals surface area contributed by atoms with Crippen LogP contribution in [0.5, 0.6) is 11.5 Å². The summed E-state index contributed by atoms with van der Waals surface area (Å²) in [7, 11) is 3.46. The number of aryl methyl sites for hydroxylation is 1. The highest BCUT2D eigenvalue weighted by molar-refractivity contribution is 5.95. The Morgan fingerprint density at radius 2 is 2.00 bits per heavy atom. The topological polar surface area (TPSA) is 38.8 Å². The fraction of sp³-hybridized carbons (Fsp3) is 0.350. The van der Waals surface area contributed by atoms with Crippen LogP contribution in [0.1, 0.15) is 40.9 Å². The number of methoxy groups -OCH3 is 1. The fourth-order valence-electron chi connectivity index (χ4n) is 3.36. The SMILES string of the molecule is CCOc1ccc(C(=O)N(C)C2CCc3ccccc32)cc1OC. The van der Waals surface area contributed by atoms with Gasteiger partial charge in [0.2, 0.25) is 0 Å². The summed E-state index contributed by atoms with van der Waals surface area (Å²) in [5.41, 5.74) is 3.21. The van der Waals surface area contributed by atoms with E-state index in [0.717, 1.165) is 12.8 Å². The minimum atomic E-state index is -0.00180. The fourth-order valence-corrected chi connectivity index (χ4v) is 3.36. The average molecular weight is 325 g/mol. The van der Waals surface area contributed by atoms with Crippen LogP contribution in [0.15, 0.2) is 42.5 Å². The smallest absolute Gasteiger partial charge is 0.254 e. The van der Waals surface area contributed by atoms with E-state index in [4.69, 9.17) is 9.47 Å². The van der Waals surface area contributed by atoms with Crippen LogP contribution in [0.4, 0.5) is 0 Å². The maximum atomic E-state index is 12.9. The first-order valence-electron chi connectivity index (χ1n) is 8.31. The molecule has 24 heavy (non-hydrogen) atoms. The van der Waals surface area contributed by atoms with Crippen LogP contribution in [-0.4, -0.2) is 31.6 Å². The van der Waals surface area contributed by atoms with E-state index in [-0.39, 0.29) is 11.9 Å². The number of carbonyl (C=O) groups is 1. The molecule has 1 unspecified atom stereocenters. The highest BCUT2D eigenvalue weighted by atomic mass is 16.5. The normalized spacial score (nSPS) is 15.7. The lowest BCUT2D eigenvalue weighted by atomic mass is 10.1. The molecule has 2 aromatic rings. The summed E-state index contributed by atoms with van der Waals surface area (Å²) in [5, 5.41) is 0. The first kappa shape index (κ1) is 16.4. The predicted octanol–water partition coefficient (Wildman–Crippen LogP) is 3.85. The van der Waals surface area contributed by atoms with Gasteiger partial charge in [0.25, 0.3) is 5.91 Å². The lowest BCUT2D eigenvalue weighted by molar-refractivity contribution is 0.0730. The molecule has 0 saturated carbocycles. The molecule has 0 N–H and O–H groups in total. The monoisotopic (exact) mass is 325 g/mol. The molecular formula is C20H23NO3. The van der Waals surface area contributed by atoms with Gasteiger partial charge in [-0.05, 0) is 49.1 Å². The molecule has 0 radical (unpaired) electrons. The summed E-state index contributed by atoms with van der Waals surface area (Å²) in [6, 6.07) is 13.8. The molecule has 0 heterocycles. The number of amides is 1. The Kier molecular flexibility index (Phi) is 4.74. The largest absolute Gasteiger partial charge is 0.493 e. The lowest BCUT2D eigenvalue weighted by Gasteiger charge is -2.26. The van der Waals surface area contributed by atoms with Gasteiger partial charge in [-0.1, -0.05) is 24.3 Å². The third-order valence-corrected chi connectivity index (χ3v) is 4.60. The highest BCUT2D eigenvalue weighted by Crippen LogP contribution is 2.36. The van der Waals surface area contributed by atoms with Crippen molar-refractivity contribution in [1.29, 1.82) is 0 Å². The van der Waals surface area contributed by atoms with Gasteiger partial charge in [-0.15, -0.1) is 0 Å². The zero-order chi connectivity index (χ0) is 17.1. The van der Waals surface area contributed by atoms with Crippen molar-refractivity contribution in [2.45, 2.75) is 25.8 Å². The summed E-state index contributed by atoms with van der Waals surface area (Å²) in [4.78, 5) is 14.7. The zero-order valence-electron chi connectivity index (χ0n) is 14.4. The van der Waals surface area contributed by atoms with E-state index in [1.54, 1.807) is 25.3 Å². The van der Waals surface area contributed by atoms with Crippen LogP contribution >= 0.6 is 0 Å². The van der Waals surface area contributed by atoms with E-state index in [1.807, 2.05) is 24.9 Å². The van der Waals surface area contributed by atoms with E-state index < -0.39 is 0 Å². The van der Waals surface area contributed by atoms with Crippen molar-refractivity contribution in [1.82, 2.24) is 4.90 Å². The first-order valence-corrected chi connectivity index (χ1v) is 8.31. The Hall–Kier alpha value is -2.49. The third kappa shape index (κ3) is 2.96. The summed E-state index contributed by atoms with van der Waals surface area (Å²) in [6.07, 6.45) is 1.99. The molecule has 1 aliphatic rings. The van der Waals surface area contributed by atoms with Crippen molar-refractivity contribution in [2.75, 3.05) is 20.8 Å². The van der Waals surface area contributed by atoms with Gasteiger partial charge in [-0.2, -0.15) is 0 Å². The van der Waals surface area contributed by atoms with Crippen LogP contribution in [0.25, 0.3) is 0 Å². The van der Waals surface area contributed by atoms with Crippen molar-refractivity contribution in [3.63, 3.8) is 0 Å². The zero-order valence-corrected chi connectivity index (χ0v) is 14.4. The van der Waals surface area contributed by atoms with Crippen molar-refractivity contribution in [3.8, 4) is 11.5 Å². The highest BCUT2D eigenvalue weighted by Gasteiger charge is 2.29. The van der Waals surface area contributed by atoms with Crippen LogP contribution in [0.2, 0.25) is 0 Å². The Morgan fingerprint density at radius 3 is 2.75 bits per heavy atom. The van der Waals surface area contributed by atoms with Crippen LogP contribution in [-0.2, 0) is 6.42 Å². The van der Waals surface area contributed by atoms with Gasteiger partial charge in [0.1, 0.15) is 0 Å². The van der Waals surface area contributed by atoms with Crippen LogP contribution in [0, 0.1) is 0 Å². The molecule has 0 aromatic heterocycles. The number of hydrogen-bond acceptors (Lipinski definition) is 3. The minimum Gasteiger partial charge on any atom is -0.493 e. The molecule has 0 bridgehead atoms. The summed E-state index contributed by atoms with van der Waals surface area (Å²) < 4.78 is 10.9. The van der Waals surface area contributed by atoms with Gasteiger partial charge in [0, 0.05) is 12.6 Å². The van der Waals surface area contributed by atoms with Crippen LogP contribution < -0.4 is 9.47 Å². The molecule has 0 aliphatic heterocycles. The Morgan fingerprint density at radius 1 is 1.21 bits per heavy atom. The third-order valence-electron chi connectivity index (χ3n) is 4.60. The van der Waals surface area contributed by atoms with Gasteiger partial charge in [0.05, 0.1) is 19.8 Å². The minimum absolute atomic E-state index is 0.00180. The standard InChI is InChI=1S/C20H23NO3/c1-4-24-18-12-10-15(13-19(18)23-3)20(22)21(2)17-11-9-14-7-5-6-8-16(14)17/h5-8,10,12-13,17H,4,9,11H2,1-3H3. The molecule has 0 spiro atoms. The van der Waals surface area contributed by atoms with Crippen LogP contribution in [0.3, 0.4) is 0 Å². The number of ether oxygens (including phenoxy) is 2. The molecule has 1 atom stereocenters. The molecule has 4 heteroatoms. The van der Waals surface area contributed by atoms with Gasteiger partial charge in [-0.3, -0.25) is 4.79 Å². The Labute approximate surface area is 143 Å². The summed E-state index contributed by atoms with van der Waals surface area (Å²) in [5.74, 6) is 1.24. The first-order chi connectivity index (χ1) is 11.7. The molecule has 0 saturated heterocycles. The van der Waals surface area contributed by atoms with Gasteiger partial charge in [0.15, 0.2) is 11.5 Å². The van der Waals surface area contributed by atoms with E-state index in [1.165, 1.54) is 11.1 Å². The molecule has 126 valence electrons. The average Bonchev–Trinajstić information content (AvgIpc) is 3.05. The molecule has 3 rings (SSSR count). The number of fused-ring (bicyclic) bond motifs is 1. The van der Waals surface area contributed by atoms with E-state index in [0.29, 0.717) is 23.7 Å². The molecule has 2 aromatic carbocycles. The van der Waals surface area contributed by atoms with Gasteiger partial charge in [-0.25, -0.2) is 0 Å². The van der Waals surface area contributed by atoms with Gasteiger partial charge >= 0.3 is 0 Å². The number of nitrogens with zero attached hydrogens (tertiary/aromatic N) is 1. The second-order valence-corrected chi connectivity index (χ2v) is 5.97. The maximum Gasteiger partial charge on any atom is 0.254 e. The number of carbonyl (C=O) groups excluding carboxylic acids is 1.